The van der Waals surface area contributed by atoms with Crippen molar-refractivity contribution in [1.29, 1.82) is 0 Å². The lowest BCUT2D eigenvalue weighted by Gasteiger charge is -2.35. The van der Waals surface area contributed by atoms with E-state index in [1.165, 1.54) is 0 Å². The summed E-state index contributed by atoms with van der Waals surface area (Å²) in [5.41, 5.74) is 0.270. The van der Waals surface area contributed by atoms with E-state index in [2.05, 4.69) is 5.16 Å². The highest BCUT2D eigenvalue weighted by Gasteiger charge is 2.29. The Morgan fingerprint density at radius 1 is 1.30 bits per heavy atom. The summed E-state index contributed by atoms with van der Waals surface area (Å²) in [6.45, 7) is 8.39. The largest absolute Gasteiger partial charge is 0.376 e. The molecule has 8 heteroatoms. The molecule has 0 saturated carbocycles. The summed E-state index contributed by atoms with van der Waals surface area (Å²) in [5.74, 6) is 0.403. The second-order valence-electron chi connectivity index (χ2n) is 7.52. The maximum absolute atomic E-state index is 12.8. The number of carbonyl (C=O) groups excluding carboxylic acids is 2. The summed E-state index contributed by atoms with van der Waals surface area (Å²) in [4.78, 5) is 29.0. The van der Waals surface area contributed by atoms with Gasteiger partial charge < -0.3 is 23.8 Å². The zero-order valence-electron chi connectivity index (χ0n) is 16.3. The van der Waals surface area contributed by atoms with Crippen molar-refractivity contribution in [2.24, 2.45) is 0 Å². The highest BCUT2D eigenvalue weighted by molar-refractivity contribution is 5.92. The first-order valence-electron chi connectivity index (χ1n) is 9.70. The average Bonchev–Trinajstić information content (AvgIpc) is 3.28. The molecule has 0 aliphatic carbocycles. The minimum absolute atomic E-state index is 0.0143. The van der Waals surface area contributed by atoms with Crippen molar-refractivity contribution in [3.05, 3.63) is 17.5 Å². The second kappa shape index (κ2) is 8.84. The van der Waals surface area contributed by atoms with E-state index in [0.717, 1.165) is 19.4 Å². The molecule has 1 aromatic rings. The molecule has 3 heterocycles. The predicted molar refractivity (Wildman–Crippen MR) is 97.3 cm³/mol. The number of nitrogens with zero attached hydrogens (tertiary/aromatic N) is 3. The number of morpholine rings is 1. The fourth-order valence-corrected chi connectivity index (χ4v) is 3.71. The van der Waals surface area contributed by atoms with Gasteiger partial charge in [0.15, 0.2) is 5.69 Å². The van der Waals surface area contributed by atoms with Gasteiger partial charge in [0.2, 0.25) is 5.91 Å². The first kappa shape index (κ1) is 19.8. The number of rotatable bonds is 6. The van der Waals surface area contributed by atoms with E-state index in [9.17, 15) is 9.59 Å². The van der Waals surface area contributed by atoms with E-state index in [-0.39, 0.29) is 42.2 Å². The summed E-state index contributed by atoms with van der Waals surface area (Å²) in [6.07, 6.45) is 2.27. The Kier molecular flexibility index (Phi) is 6.49. The van der Waals surface area contributed by atoms with Crippen LogP contribution in [0.4, 0.5) is 0 Å². The molecular weight excluding hydrogens is 350 g/mol. The monoisotopic (exact) mass is 379 g/mol. The molecule has 0 radical (unpaired) electrons. The zero-order valence-corrected chi connectivity index (χ0v) is 16.3. The summed E-state index contributed by atoms with van der Waals surface area (Å²) < 4.78 is 16.4. The number of aryl methyl sites for hydroxylation is 1. The lowest BCUT2D eigenvalue weighted by Crippen LogP contribution is -2.49. The smallest absolute Gasteiger partial charge is 0.276 e. The van der Waals surface area contributed by atoms with E-state index in [1.54, 1.807) is 17.9 Å². The number of ether oxygens (including phenoxy) is 2. The SMILES string of the molecule is Cc1cc(C(=O)N(CCC(=O)N2CC(C)OC(C)C2)CC2CCCO2)no1. The Morgan fingerprint density at radius 3 is 2.63 bits per heavy atom. The standard InChI is InChI=1S/C19H29N3O5/c1-13-9-17(20-27-13)19(24)21(12-16-5-4-8-25-16)7-6-18(23)22-10-14(2)26-15(3)11-22/h9,14-16H,4-8,10-12H2,1-3H3. The first-order valence-corrected chi connectivity index (χ1v) is 9.70. The minimum atomic E-state index is -0.223. The highest BCUT2D eigenvalue weighted by atomic mass is 16.5. The van der Waals surface area contributed by atoms with Crippen molar-refractivity contribution < 1.29 is 23.6 Å². The highest BCUT2D eigenvalue weighted by Crippen LogP contribution is 2.17. The lowest BCUT2D eigenvalue weighted by molar-refractivity contribution is -0.143. The predicted octanol–water partition coefficient (Wildman–Crippen LogP) is 1.63. The van der Waals surface area contributed by atoms with E-state index in [4.69, 9.17) is 14.0 Å². The van der Waals surface area contributed by atoms with Gasteiger partial charge in [-0.15, -0.1) is 0 Å². The van der Waals surface area contributed by atoms with E-state index in [0.29, 0.717) is 31.9 Å². The quantitative estimate of drug-likeness (QED) is 0.747. The van der Waals surface area contributed by atoms with Crippen molar-refractivity contribution >= 4 is 11.8 Å². The molecule has 2 aliphatic rings. The zero-order chi connectivity index (χ0) is 19.4. The van der Waals surface area contributed by atoms with Crippen LogP contribution in [0.3, 0.4) is 0 Å². The van der Waals surface area contributed by atoms with Crippen LogP contribution in [0.25, 0.3) is 0 Å². The molecule has 2 fully saturated rings. The van der Waals surface area contributed by atoms with Crippen molar-refractivity contribution in [2.45, 2.75) is 58.3 Å². The molecule has 0 spiro atoms. The Balaban J connectivity index is 1.61. The van der Waals surface area contributed by atoms with Gasteiger partial charge in [-0.05, 0) is 33.6 Å². The van der Waals surface area contributed by atoms with Gasteiger partial charge in [0.25, 0.3) is 5.91 Å². The Hall–Kier alpha value is -1.93. The molecule has 0 aromatic carbocycles. The van der Waals surface area contributed by atoms with Crippen LogP contribution < -0.4 is 0 Å². The molecule has 3 rings (SSSR count). The Labute approximate surface area is 159 Å². The number of hydrogen-bond acceptors (Lipinski definition) is 6. The first-order chi connectivity index (χ1) is 12.9. The van der Waals surface area contributed by atoms with Crippen LogP contribution in [0, 0.1) is 6.92 Å². The molecular formula is C19H29N3O5. The molecule has 27 heavy (non-hydrogen) atoms. The third kappa shape index (κ3) is 5.29. The van der Waals surface area contributed by atoms with Crippen LogP contribution in [0.15, 0.2) is 10.6 Å². The van der Waals surface area contributed by atoms with Gasteiger partial charge in [-0.2, -0.15) is 0 Å². The van der Waals surface area contributed by atoms with Gasteiger partial charge >= 0.3 is 0 Å². The van der Waals surface area contributed by atoms with Crippen LogP contribution in [-0.2, 0) is 14.3 Å². The number of hydrogen-bond donors (Lipinski definition) is 0. The molecule has 0 N–H and O–H groups in total. The molecule has 0 bridgehead atoms. The van der Waals surface area contributed by atoms with Gasteiger partial charge in [-0.3, -0.25) is 9.59 Å². The number of aromatic nitrogens is 1. The van der Waals surface area contributed by atoms with Gasteiger partial charge in [0.1, 0.15) is 5.76 Å². The van der Waals surface area contributed by atoms with Gasteiger partial charge in [-0.25, -0.2) is 0 Å². The third-order valence-corrected chi connectivity index (χ3v) is 4.95. The van der Waals surface area contributed by atoms with E-state index in [1.807, 2.05) is 18.7 Å². The van der Waals surface area contributed by atoms with Crippen molar-refractivity contribution in [3.63, 3.8) is 0 Å². The molecule has 150 valence electrons. The molecule has 1 aromatic heterocycles. The van der Waals surface area contributed by atoms with Crippen LogP contribution in [0.2, 0.25) is 0 Å². The van der Waals surface area contributed by atoms with Crippen molar-refractivity contribution in [1.82, 2.24) is 15.0 Å². The molecule has 2 amide bonds. The molecule has 3 unspecified atom stereocenters. The Morgan fingerprint density at radius 2 is 2.04 bits per heavy atom. The average molecular weight is 379 g/mol. The van der Waals surface area contributed by atoms with Crippen LogP contribution >= 0.6 is 0 Å². The summed E-state index contributed by atoms with van der Waals surface area (Å²) in [5, 5.41) is 3.83. The van der Waals surface area contributed by atoms with Gasteiger partial charge in [0, 0.05) is 45.3 Å². The molecule has 2 saturated heterocycles. The van der Waals surface area contributed by atoms with Crippen molar-refractivity contribution in [3.8, 4) is 0 Å². The van der Waals surface area contributed by atoms with Crippen LogP contribution in [0.5, 0.6) is 0 Å². The number of amides is 2. The van der Waals surface area contributed by atoms with Crippen molar-refractivity contribution in [2.75, 3.05) is 32.8 Å². The van der Waals surface area contributed by atoms with Crippen LogP contribution in [0.1, 0.15) is 49.4 Å². The molecule has 8 nitrogen and oxygen atoms in total. The fraction of sp³-hybridized carbons (Fsp3) is 0.737. The summed E-state index contributed by atoms with van der Waals surface area (Å²) in [7, 11) is 0. The summed E-state index contributed by atoms with van der Waals surface area (Å²) >= 11 is 0. The topological polar surface area (TPSA) is 85.1 Å². The second-order valence-corrected chi connectivity index (χ2v) is 7.52. The van der Waals surface area contributed by atoms with Crippen LogP contribution in [-0.4, -0.2) is 77.9 Å². The normalized spacial score (nSPS) is 25.6. The van der Waals surface area contributed by atoms with Gasteiger partial charge in [-0.1, -0.05) is 5.16 Å². The van der Waals surface area contributed by atoms with Gasteiger partial charge in [0.05, 0.1) is 18.3 Å². The van der Waals surface area contributed by atoms with E-state index < -0.39 is 0 Å². The fourth-order valence-electron chi connectivity index (χ4n) is 3.71. The maximum Gasteiger partial charge on any atom is 0.276 e. The number of carbonyl (C=O) groups is 2. The van der Waals surface area contributed by atoms with E-state index >= 15 is 0 Å². The lowest BCUT2D eigenvalue weighted by atomic mass is 10.2. The molecule has 3 atom stereocenters. The molecule has 2 aliphatic heterocycles. The maximum atomic E-state index is 12.8. The minimum Gasteiger partial charge on any atom is -0.376 e. The Bertz CT molecular complexity index is 646. The summed E-state index contributed by atoms with van der Waals surface area (Å²) in [6, 6.07) is 1.62. The third-order valence-electron chi connectivity index (χ3n) is 4.95.